The SMILES string of the molecule is Cc1cccc(Cl)c1NC(=O)C[C@@H](CN)CC(C)C. The van der Waals surface area contributed by atoms with Gasteiger partial charge < -0.3 is 11.1 Å². The van der Waals surface area contributed by atoms with Crippen LogP contribution in [0.2, 0.25) is 5.02 Å². The van der Waals surface area contributed by atoms with Crippen molar-refractivity contribution in [2.75, 3.05) is 11.9 Å². The van der Waals surface area contributed by atoms with E-state index in [9.17, 15) is 4.79 Å². The van der Waals surface area contributed by atoms with Crippen LogP contribution in [0.25, 0.3) is 0 Å². The molecule has 19 heavy (non-hydrogen) atoms. The second kappa shape index (κ2) is 7.51. The summed E-state index contributed by atoms with van der Waals surface area (Å²) < 4.78 is 0. The maximum atomic E-state index is 12.0. The Kier molecular flexibility index (Phi) is 6.32. The van der Waals surface area contributed by atoms with Crippen molar-refractivity contribution in [1.29, 1.82) is 0 Å². The first-order valence-corrected chi connectivity index (χ1v) is 7.06. The van der Waals surface area contributed by atoms with Gasteiger partial charge in [-0.05, 0) is 43.4 Å². The molecule has 0 bridgehead atoms. The lowest BCUT2D eigenvalue weighted by atomic mass is 9.94. The van der Waals surface area contributed by atoms with Crippen LogP contribution in [0.4, 0.5) is 5.69 Å². The summed E-state index contributed by atoms with van der Waals surface area (Å²) >= 11 is 6.09. The van der Waals surface area contributed by atoms with Crippen LogP contribution in [0.5, 0.6) is 0 Å². The van der Waals surface area contributed by atoms with Crippen LogP contribution in [-0.4, -0.2) is 12.5 Å². The third-order valence-corrected chi connectivity index (χ3v) is 3.41. The minimum Gasteiger partial charge on any atom is -0.330 e. The molecular weight excluding hydrogens is 260 g/mol. The minimum atomic E-state index is -0.0210. The first kappa shape index (κ1) is 16.0. The van der Waals surface area contributed by atoms with Crippen molar-refractivity contribution < 1.29 is 4.79 Å². The van der Waals surface area contributed by atoms with Crippen LogP contribution in [-0.2, 0) is 4.79 Å². The van der Waals surface area contributed by atoms with E-state index in [1.54, 1.807) is 6.07 Å². The topological polar surface area (TPSA) is 55.1 Å². The van der Waals surface area contributed by atoms with E-state index in [0.29, 0.717) is 29.6 Å². The van der Waals surface area contributed by atoms with Crippen molar-refractivity contribution in [1.82, 2.24) is 0 Å². The van der Waals surface area contributed by atoms with Crippen molar-refractivity contribution in [3.8, 4) is 0 Å². The summed E-state index contributed by atoms with van der Waals surface area (Å²) in [7, 11) is 0. The highest BCUT2D eigenvalue weighted by Gasteiger charge is 2.15. The fraction of sp³-hybridized carbons (Fsp3) is 0.533. The standard InChI is InChI=1S/C15H23ClN2O/c1-10(2)7-12(9-17)8-14(19)18-15-11(3)5-4-6-13(15)16/h4-6,10,12H,7-9,17H2,1-3H3,(H,18,19)/t12-/m0/s1. The second-order valence-corrected chi connectivity index (χ2v) is 5.82. The number of para-hydroxylation sites is 1. The average Bonchev–Trinajstić information content (AvgIpc) is 2.32. The highest BCUT2D eigenvalue weighted by molar-refractivity contribution is 6.33. The molecule has 0 aliphatic carbocycles. The lowest BCUT2D eigenvalue weighted by Gasteiger charge is -2.17. The molecule has 0 radical (unpaired) electrons. The predicted octanol–water partition coefficient (Wildman–Crippen LogP) is 3.60. The number of nitrogens with one attached hydrogen (secondary N) is 1. The van der Waals surface area contributed by atoms with Crippen LogP contribution in [0.15, 0.2) is 18.2 Å². The Hall–Kier alpha value is -1.06. The number of halogens is 1. The van der Waals surface area contributed by atoms with Crippen LogP contribution < -0.4 is 11.1 Å². The smallest absolute Gasteiger partial charge is 0.224 e. The Balaban J connectivity index is 2.64. The molecule has 0 fully saturated rings. The Morgan fingerprint density at radius 3 is 2.63 bits per heavy atom. The maximum absolute atomic E-state index is 12.0. The number of benzene rings is 1. The minimum absolute atomic E-state index is 0.0210. The van der Waals surface area contributed by atoms with Crippen molar-refractivity contribution in [3.05, 3.63) is 28.8 Å². The van der Waals surface area contributed by atoms with Crippen LogP contribution >= 0.6 is 11.6 Å². The van der Waals surface area contributed by atoms with Gasteiger partial charge in [0.1, 0.15) is 0 Å². The first-order chi connectivity index (χ1) is 8.93. The van der Waals surface area contributed by atoms with E-state index in [0.717, 1.165) is 12.0 Å². The van der Waals surface area contributed by atoms with Crippen LogP contribution in [0.3, 0.4) is 0 Å². The number of nitrogens with two attached hydrogens (primary N) is 1. The molecule has 1 aromatic carbocycles. The number of amides is 1. The summed E-state index contributed by atoms with van der Waals surface area (Å²) in [4.78, 5) is 12.0. The van der Waals surface area contributed by atoms with Crippen molar-refractivity contribution in [2.45, 2.75) is 33.6 Å². The molecule has 0 aromatic heterocycles. The fourth-order valence-electron chi connectivity index (χ4n) is 2.17. The molecule has 0 aliphatic heterocycles. The molecule has 1 rings (SSSR count). The van der Waals surface area contributed by atoms with E-state index >= 15 is 0 Å². The molecule has 1 aromatic rings. The zero-order valence-corrected chi connectivity index (χ0v) is 12.6. The zero-order valence-electron chi connectivity index (χ0n) is 11.9. The van der Waals surface area contributed by atoms with Gasteiger partial charge in [-0.25, -0.2) is 0 Å². The van der Waals surface area contributed by atoms with Gasteiger partial charge in [0, 0.05) is 6.42 Å². The third-order valence-electron chi connectivity index (χ3n) is 3.10. The summed E-state index contributed by atoms with van der Waals surface area (Å²) in [5.74, 6) is 0.749. The monoisotopic (exact) mass is 282 g/mol. The zero-order chi connectivity index (χ0) is 14.4. The van der Waals surface area contributed by atoms with Gasteiger partial charge in [0.05, 0.1) is 10.7 Å². The summed E-state index contributed by atoms with van der Waals surface area (Å²) in [5, 5.41) is 3.46. The number of carbonyl (C=O) groups excluding carboxylic acids is 1. The average molecular weight is 283 g/mol. The number of rotatable bonds is 6. The molecule has 0 heterocycles. The van der Waals surface area contributed by atoms with E-state index < -0.39 is 0 Å². The lowest BCUT2D eigenvalue weighted by molar-refractivity contribution is -0.117. The molecule has 4 heteroatoms. The Morgan fingerprint density at radius 2 is 2.11 bits per heavy atom. The van der Waals surface area contributed by atoms with Gasteiger partial charge in [0.2, 0.25) is 5.91 Å². The number of aryl methyl sites for hydroxylation is 1. The summed E-state index contributed by atoms with van der Waals surface area (Å²) in [6.07, 6.45) is 1.41. The van der Waals surface area contributed by atoms with Gasteiger partial charge in [0.25, 0.3) is 0 Å². The normalized spacial score (nSPS) is 12.5. The fourth-order valence-corrected chi connectivity index (χ4v) is 2.44. The largest absolute Gasteiger partial charge is 0.330 e. The van der Waals surface area contributed by atoms with E-state index in [2.05, 4.69) is 19.2 Å². The molecule has 3 nitrogen and oxygen atoms in total. The van der Waals surface area contributed by atoms with Gasteiger partial charge in [-0.1, -0.05) is 37.6 Å². The van der Waals surface area contributed by atoms with Crippen LogP contribution in [0.1, 0.15) is 32.3 Å². The number of hydrogen-bond donors (Lipinski definition) is 2. The summed E-state index contributed by atoms with van der Waals surface area (Å²) in [6.45, 7) is 6.74. The van der Waals surface area contributed by atoms with Crippen molar-refractivity contribution in [3.63, 3.8) is 0 Å². The summed E-state index contributed by atoms with van der Waals surface area (Å²) in [6, 6.07) is 5.57. The molecule has 1 amide bonds. The molecule has 1 atom stereocenters. The quantitative estimate of drug-likeness (QED) is 0.838. The van der Waals surface area contributed by atoms with Gasteiger partial charge in [-0.2, -0.15) is 0 Å². The Labute approximate surface area is 120 Å². The number of hydrogen-bond acceptors (Lipinski definition) is 2. The Morgan fingerprint density at radius 1 is 1.42 bits per heavy atom. The number of anilines is 1. The molecule has 0 saturated carbocycles. The molecule has 3 N–H and O–H groups in total. The van der Waals surface area contributed by atoms with Gasteiger partial charge in [-0.15, -0.1) is 0 Å². The number of carbonyl (C=O) groups is 1. The van der Waals surface area contributed by atoms with E-state index in [-0.39, 0.29) is 11.8 Å². The highest BCUT2D eigenvalue weighted by Crippen LogP contribution is 2.26. The van der Waals surface area contributed by atoms with E-state index in [4.69, 9.17) is 17.3 Å². The van der Waals surface area contributed by atoms with Gasteiger partial charge >= 0.3 is 0 Å². The van der Waals surface area contributed by atoms with Gasteiger partial charge in [0.15, 0.2) is 0 Å². The lowest BCUT2D eigenvalue weighted by Crippen LogP contribution is -2.23. The second-order valence-electron chi connectivity index (χ2n) is 5.42. The van der Waals surface area contributed by atoms with Crippen molar-refractivity contribution in [2.24, 2.45) is 17.6 Å². The molecule has 0 aliphatic rings. The summed E-state index contributed by atoms with van der Waals surface area (Å²) in [5.41, 5.74) is 7.39. The Bertz CT molecular complexity index is 412. The maximum Gasteiger partial charge on any atom is 0.224 e. The van der Waals surface area contributed by atoms with Crippen molar-refractivity contribution >= 4 is 23.2 Å². The predicted molar refractivity (Wildman–Crippen MR) is 81.4 cm³/mol. The molecule has 0 saturated heterocycles. The van der Waals surface area contributed by atoms with E-state index in [1.807, 2.05) is 19.1 Å². The van der Waals surface area contributed by atoms with E-state index in [1.165, 1.54) is 0 Å². The highest BCUT2D eigenvalue weighted by atomic mass is 35.5. The molecule has 0 unspecified atom stereocenters. The molecular formula is C15H23ClN2O. The van der Waals surface area contributed by atoms with Crippen LogP contribution in [0, 0.1) is 18.8 Å². The van der Waals surface area contributed by atoms with Gasteiger partial charge in [-0.3, -0.25) is 4.79 Å². The first-order valence-electron chi connectivity index (χ1n) is 6.69. The molecule has 0 spiro atoms. The third kappa shape index (κ3) is 5.21. The molecule has 106 valence electrons.